The first-order valence-electron chi connectivity index (χ1n) is 5.53. The first kappa shape index (κ1) is 16.6. The Hall–Kier alpha value is -0.350. The third kappa shape index (κ3) is 5.68. The van der Waals surface area contributed by atoms with E-state index in [9.17, 15) is 4.39 Å². The lowest BCUT2D eigenvalue weighted by molar-refractivity contribution is 0.386. The average Bonchev–Trinajstić information content (AvgIpc) is 2.30. The van der Waals surface area contributed by atoms with E-state index in [1.807, 2.05) is 12.1 Å². The smallest absolute Gasteiger partial charge is 0.123 e. The normalized spacial score (nSPS) is 15.8. The van der Waals surface area contributed by atoms with Crippen LogP contribution in [0.2, 0.25) is 0 Å². The van der Waals surface area contributed by atoms with E-state index in [0.717, 1.165) is 25.2 Å². The van der Waals surface area contributed by atoms with Crippen molar-refractivity contribution in [2.75, 3.05) is 13.1 Å². The summed E-state index contributed by atoms with van der Waals surface area (Å²) in [5, 5.41) is 6.83. The molecule has 1 aromatic rings. The zero-order valence-electron chi connectivity index (χ0n) is 9.62. The van der Waals surface area contributed by atoms with Crippen LogP contribution in [0.3, 0.4) is 0 Å². The second-order valence-corrected chi connectivity index (χ2v) is 4.03. The van der Waals surface area contributed by atoms with Crippen LogP contribution in [-0.4, -0.2) is 19.1 Å². The van der Waals surface area contributed by atoms with Crippen molar-refractivity contribution in [2.45, 2.75) is 25.4 Å². The highest BCUT2D eigenvalue weighted by atomic mass is 35.5. The molecule has 1 aliphatic heterocycles. The topological polar surface area (TPSA) is 24.1 Å². The molecule has 1 aliphatic rings. The number of nitrogens with one attached hydrogen (secondary N) is 2. The molecule has 98 valence electrons. The van der Waals surface area contributed by atoms with Gasteiger partial charge < -0.3 is 10.6 Å². The second-order valence-electron chi connectivity index (χ2n) is 4.03. The second kappa shape index (κ2) is 8.70. The van der Waals surface area contributed by atoms with E-state index in [-0.39, 0.29) is 30.6 Å². The Morgan fingerprint density at radius 3 is 2.29 bits per heavy atom. The van der Waals surface area contributed by atoms with Crippen molar-refractivity contribution in [2.24, 2.45) is 0 Å². The maximum absolute atomic E-state index is 12.7. The number of benzene rings is 1. The Labute approximate surface area is 114 Å². The van der Waals surface area contributed by atoms with Crippen LogP contribution in [-0.2, 0) is 6.54 Å². The molecule has 2 nitrogen and oxygen atoms in total. The summed E-state index contributed by atoms with van der Waals surface area (Å²) in [4.78, 5) is 0. The number of halogens is 3. The summed E-state index contributed by atoms with van der Waals surface area (Å²) in [6.07, 6.45) is 2.36. The van der Waals surface area contributed by atoms with Gasteiger partial charge in [0, 0.05) is 12.6 Å². The fraction of sp³-hybridized carbons (Fsp3) is 0.500. The number of rotatable bonds is 3. The summed E-state index contributed by atoms with van der Waals surface area (Å²) < 4.78 is 12.7. The Balaban J connectivity index is 0.00000128. The summed E-state index contributed by atoms with van der Waals surface area (Å²) in [7, 11) is 0. The van der Waals surface area contributed by atoms with E-state index in [0.29, 0.717) is 6.04 Å². The third-order valence-corrected chi connectivity index (χ3v) is 2.85. The molecule has 0 radical (unpaired) electrons. The standard InChI is InChI=1S/C12H17FN2.2ClH/c13-11-3-1-10(2-4-11)9-15-12-5-7-14-8-6-12;;/h1-4,12,14-15H,5-9H2;2*1H. The molecule has 17 heavy (non-hydrogen) atoms. The van der Waals surface area contributed by atoms with Crippen molar-refractivity contribution in [3.8, 4) is 0 Å². The molecule has 0 amide bonds. The van der Waals surface area contributed by atoms with Crippen molar-refractivity contribution >= 4 is 24.8 Å². The van der Waals surface area contributed by atoms with Crippen LogP contribution in [0.25, 0.3) is 0 Å². The molecule has 0 aromatic heterocycles. The molecular formula is C12H19Cl2FN2. The first-order chi connectivity index (χ1) is 7.34. The Kier molecular flexibility index (Phi) is 8.52. The minimum absolute atomic E-state index is 0. The van der Waals surface area contributed by atoms with Crippen LogP contribution >= 0.6 is 24.8 Å². The molecule has 0 atom stereocenters. The van der Waals surface area contributed by atoms with Crippen molar-refractivity contribution in [1.29, 1.82) is 0 Å². The van der Waals surface area contributed by atoms with Gasteiger partial charge >= 0.3 is 0 Å². The molecule has 0 bridgehead atoms. The number of hydrogen-bond acceptors (Lipinski definition) is 2. The van der Waals surface area contributed by atoms with E-state index in [1.54, 1.807) is 0 Å². The average molecular weight is 281 g/mol. The Bertz CT molecular complexity index is 300. The molecule has 1 heterocycles. The maximum atomic E-state index is 12.7. The molecule has 1 aromatic carbocycles. The monoisotopic (exact) mass is 280 g/mol. The Morgan fingerprint density at radius 2 is 1.71 bits per heavy atom. The van der Waals surface area contributed by atoms with Gasteiger partial charge in [0.1, 0.15) is 5.82 Å². The van der Waals surface area contributed by atoms with Gasteiger partial charge in [-0.05, 0) is 43.6 Å². The SMILES string of the molecule is Cl.Cl.Fc1ccc(CNC2CCNCC2)cc1. The molecule has 2 rings (SSSR count). The van der Waals surface area contributed by atoms with Gasteiger partial charge in [0.15, 0.2) is 0 Å². The van der Waals surface area contributed by atoms with Gasteiger partial charge in [0.2, 0.25) is 0 Å². The minimum atomic E-state index is -0.166. The lowest BCUT2D eigenvalue weighted by Gasteiger charge is -2.23. The highest BCUT2D eigenvalue weighted by Crippen LogP contribution is 2.06. The van der Waals surface area contributed by atoms with Gasteiger partial charge in [-0.1, -0.05) is 12.1 Å². The third-order valence-electron chi connectivity index (χ3n) is 2.85. The highest BCUT2D eigenvalue weighted by Gasteiger charge is 2.11. The lowest BCUT2D eigenvalue weighted by atomic mass is 10.1. The van der Waals surface area contributed by atoms with Crippen molar-refractivity contribution in [1.82, 2.24) is 10.6 Å². The summed E-state index contributed by atoms with van der Waals surface area (Å²) in [6, 6.07) is 7.31. The quantitative estimate of drug-likeness (QED) is 0.889. The van der Waals surface area contributed by atoms with Crippen LogP contribution in [0.15, 0.2) is 24.3 Å². The van der Waals surface area contributed by atoms with Gasteiger partial charge in [0.25, 0.3) is 0 Å². The van der Waals surface area contributed by atoms with Crippen LogP contribution < -0.4 is 10.6 Å². The molecule has 0 aliphatic carbocycles. The molecule has 2 N–H and O–H groups in total. The predicted octanol–water partition coefficient (Wildman–Crippen LogP) is 2.51. The van der Waals surface area contributed by atoms with E-state index in [4.69, 9.17) is 0 Å². The summed E-state index contributed by atoms with van der Waals surface area (Å²) >= 11 is 0. The highest BCUT2D eigenvalue weighted by molar-refractivity contribution is 5.85. The summed E-state index contributed by atoms with van der Waals surface area (Å²) in [5.74, 6) is -0.166. The zero-order valence-corrected chi connectivity index (χ0v) is 11.2. The van der Waals surface area contributed by atoms with E-state index in [1.165, 1.54) is 25.0 Å². The van der Waals surface area contributed by atoms with Gasteiger partial charge in [0.05, 0.1) is 0 Å². The van der Waals surface area contributed by atoms with E-state index >= 15 is 0 Å². The molecule has 0 saturated carbocycles. The molecular weight excluding hydrogens is 262 g/mol. The summed E-state index contributed by atoms with van der Waals surface area (Å²) in [5.41, 5.74) is 1.15. The van der Waals surface area contributed by atoms with Gasteiger partial charge in [-0.15, -0.1) is 24.8 Å². The van der Waals surface area contributed by atoms with Gasteiger partial charge in [-0.2, -0.15) is 0 Å². The van der Waals surface area contributed by atoms with Gasteiger partial charge in [-0.3, -0.25) is 0 Å². The number of piperidine rings is 1. The molecule has 0 unspecified atom stereocenters. The zero-order chi connectivity index (χ0) is 10.5. The maximum Gasteiger partial charge on any atom is 0.123 e. The fourth-order valence-corrected chi connectivity index (χ4v) is 1.89. The first-order valence-corrected chi connectivity index (χ1v) is 5.53. The summed E-state index contributed by atoms with van der Waals surface area (Å²) in [6.45, 7) is 3.03. The minimum Gasteiger partial charge on any atom is -0.317 e. The van der Waals surface area contributed by atoms with E-state index in [2.05, 4.69) is 10.6 Å². The fourth-order valence-electron chi connectivity index (χ4n) is 1.89. The largest absolute Gasteiger partial charge is 0.317 e. The van der Waals surface area contributed by atoms with E-state index < -0.39 is 0 Å². The van der Waals surface area contributed by atoms with Gasteiger partial charge in [-0.25, -0.2) is 4.39 Å². The predicted molar refractivity (Wildman–Crippen MR) is 73.6 cm³/mol. The lowest BCUT2D eigenvalue weighted by Crippen LogP contribution is -2.39. The van der Waals surface area contributed by atoms with Crippen molar-refractivity contribution in [3.05, 3.63) is 35.6 Å². The van der Waals surface area contributed by atoms with Crippen molar-refractivity contribution in [3.63, 3.8) is 0 Å². The van der Waals surface area contributed by atoms with Crippen LogP contribution in [0.1, 0.15) is 18.4 Å². The molecule has 1 saturated heterocycles. The molecule has 0 spiro atoms. The van der Waals surface area contributed by atoms with Crippen LogP contribution in [0.4, 0.5) is 4.39 Å². The molecule has 5 heteroatoms. The van der Waals surface area contributed by atoms with Crippen LogP contribution in [0, 0.1) is 5.82 Å². The Morgan fingerprint density at radius 1 is 1.12 bits per heavy atom. The molecule has 1 fully saturated rings. The number of hydrogen-bond donors (Lipinski definition) is 2. The van der Waals surface area contributed by atoms with Crippen LogP contribution in [0.5, 0.6) is 0 Å². The van der Waals surface area contributed by atoms with Crippen molar-refractivity contribution < 1.29 is 4.39 Å².